The van der Waals surface area contributed by atoms with E-state index in [9.17, 15) is 13.2 Å². The standard InChI is InChI=1S/C20H22ClN3O3S2/c1-14-2-3-15(21)12-18(14)23-7-9-24(10-8-23)29(26,27)16-4-5-19-17(13-16)22-20(25)6-11-28-19/h2-5,12-13H,6-11H2,1H3,(H,22,25). The Labute approximate surface area is 180 Å². The monoisotopic (exact) mass is 451 g/mol. The fourth-order valence-corrected chi connectivity index (χ4v) is 6.15. The van der Waals surface area contributed by atoms with Crippen molar-refractivity contribution in [3.05, 3.63) is 47.0 Å². The Kier molecular flexibility index (Phi) is 5.79. The van der Waals surface area contributed by atoms with Crippen LogP contribution in [0.4, 0.5) is 11.4 Å². The number of fused-ring (bicyclic) bond motifs is 1. The Balaban J connectivity index is 1.52. The molecule has 1 N–H and O–H groups in total. The van der Waals surface area contributed by atoms with Crippen molar-refractivity contribution < 1.29 is 13.2 Å². The number of carbonyl (C=O) groups excluding carboxylic acids is 1. The van der Waals surface area contributed by atoms with E-state index < -0.39 is 10.0 Å². The van der Waals surface area contributed by atoms with Gasteiger partial charge in [-0.25, -0.2) is 8.42 Å². The van der Waals surface area contributed by atoms with Crippen LogP contribution in [0.2, 0.25) is 5.02 Å². The van der Waals surface area contributed by atoms with Gasteiger partial charge in [-0.2, -0.15) is 4.31 Å². The Morgan fingerprint density at radius 3 is 2.59 bits per heavy atom. The molecule has 0 unspecified atom stereocenters. The van der Waals surface area contributed by atoms with Crippen LogP contribution >= 0.6 is 23.4 Å². The van der Waals surface area contributed by atoms with Crippen molar-refractivity contribution in [2.45, 2.75) is 23.1 Å². The van der Waals surface area contributed by atoms with Crippen LogP contribution in [0.5, 0.6) is 0 Å². The van der Waals surface area contributed by atoms with Gasteiger partial charge in [0.05, 0.1) is 10.6 Å². The third-order valence-electron chi connectivity index (χ3n) is 5.20. The maximum atomic E-state index is 13.2. The number of hydrogen-bond donors (Lipinski definition) is 1. The van der Waals surface area contributed by atoms with Gasteiger partial charge in [-0.05, 0) is 42.8 Å². The lowest BCUT2D eigenvalue weighted by atomic mass is 10.1. The van der Waals surface area contributed by atoms with Crippen LogP contribution < -0.4 is 10.2 Å². The maximum Gasteiger partial charge on any atom is 0.243 e. The molecule has 29 heavy (non-hydrogen) atoms. The molecule has 0 radical (unpaired) electrons. The summed E-state index contributed by atoms with van der Waals surface area (Å²) < 4.78 is 27.9. The van der Waals surface area contributed by atoms with Crippen LogP contribution in [-0.2, 0) is 14.8 Å². The van der Waals surface area contributed by atoms with Crippen molar-refractivity contribution in [3.8, 4) is 0 Å². The predicted molar refractivity (Wildman–Crippen MR) is 118 cm³/mol. The fraction of sp³-hybridized carbons (Fsp3) is 0.350. The van der Waals surface area contributed by atoms with Crippen LogP contribution in [0.1, 0.15) is 12.0 Å². The number of thioether (sulfide) groups is 1. The molecule has 9 heteroatoms. The molecule has 0 aromatic heterocycles. The number of nitrogens with zero attached hydrogens (tertiary/aromatic N) is 2. The number of piperazine rings is 1. The zero-order chi connectivity index (χ0) is 20.6. The summed E-state index contributed by atoms with van der Waals surface area (Å²) in [7, 11) is -3.63. The van der Waals surface area contributed by atoms with Crippen LogP contribution in [0.25, 0.3) is 0 Å². The molecule has 0 aliphatic carbocycles. The van der Waals surface area contributed by atoms with Gasteiger partial charge in [-0.15, -0.1) is 11.8 Å². The number of benzene rings is 2. The number of anilines is 2. The summed E-state index contributed by atoms with van der Waals surface area (Å²) in [6.45, 7) is 4.01. The van der Waals surface area contributed by atoms with Crippen molar-refractivity contribution in [2.75, 3.05) is 42.1 Å². The molecule has 0 bridgehead atoms. The highest BCUT2D eigenvalue weighted by Gasteiger charge is 2.30. The maximum absolute atomic E-state index is 13.2. The molecular weight excluding hydrogens is 430 g/mol. The highest BCUT2D eigenvalue weighted by atomic mass is 35.5. The number of amides is 1. The van der Waals surface area contributed by atoms with E-state index in [2.05, 4.69) is 10.2 Å². The molecule has 154 valence electrons. The average molecular weight is 452 g/mol. The number of nitrogens with one attached hydrogen (secondary N) is 1. The summed E-state index contributed by atoms with van der Waals surface area (Å²) in [6, 6.07) is 10.7. The molecule has 2 aliphatic rings. The lowest BCUT2D eigenvalue weighted by molar-refractivity contribution is -0.115. The second kappa shape index (κ2) is 8.18. The minimum Gasteiger partial charge on any atom is -0.369 e. The lowest BCUT2D eigenvalue weighted by Gasteiger charge is -2.36. The quantitative estimate of drug-likeness (QED) is 0.772. The Morgan fingerprint density at radius 2 is 1.83 bits per heavy atom. The molecule has 1 amide bonds. The molecule has 0 saturated carbocycles. The normalized spacial score (nSPS) is 18.1. The Bertz CT molecular complexity index is 1050. The molecular formula is C20H22ClN3O3S2. The second-order valence-electron chi connectivity index (χ2n) is 7.13. The summed E-state index contributed by atoms with van der Waals surface area (Å²) in [6.07, 6.45) is 0.423. The average Bonchev–Trinajstić information content (AvgIpc) is 2.89. The molecule has 1 fully saturated rings. The molecule has 2 aromatic rings. The van der Waals surface area contributed by atoms with Crippen LogP contribution in [-0.4, -0.2) is 50.6 Å². The molecule has 4 rings (SSSR count). The smallest absolute Gasteiger partial charge is 0.243 e. The zero-order valence-electron chi connectivity index (χ0n) is 16.0. The topological polar surface area (TPSA) is 69.7 Å². The van der Waals surface area contributed by atoms with E-state index in [4.69, 9.17) is 11.6 Å². The van der Waals surface area contributed by atoms with Gasteiger partial charge in [0, 0.05) is 54.0 Å². The van der Waals surface area contributed by atoms with Gasteiger partial charge in [0.1, 0.15) is 0 Å². The van der Waals surface area contributed by atoms with E-state index >= 15 is 0 Å². The molecule has 2 heterocycles. The molecule has 2 aromatic carbocycles. The summed E-state index contributed by atoms with van der Waals surface area (Å²) in [5.74, 6) is 0.604. The molecule has 0 atom stereocenters. The van der Waals surface area contributed by atoms with E-state index in [1.807, 2.05) is 25.1 Å². The Hall–Kier alpha value is -1.74. The van der Waals surface area contributed by atoms with Gasteiger partial charge in [0.25, 0.3) is 0 Å². The van der Waals surface area contributed by atoms with Gasteiger partial charge in [0.15, 0.2) is 0 Å². The first-order chi connectivity index (χ1) is 13.8. The second-order valence-corrected chi connectivity index (χ2v) is 10.6. The van der Waals surface area contributed by atoms with Gasteiger partial charge in [0.2, 0.25) is 15.9 Å². The van der Waals surface area contributed by atoms with E-state index in [1.54, 1.807) is 30.0 Å². The lowest BCUT2D eigenvalue weighted by Crippen LogP contribution is -2.48. The minimum absolute atomic E-state index is 0.0868. The summed E-state index contributed by atoms with van der Waals surface area (Å²) in [4.78, 5) is 15.1. The molecule has 1 saturated heterocycles. The largest absolute Gasteiger partial charge is 0.369 e. The molecule has 0 spiro atoms. The van der Waals surface area contributed by atoms with Crippen LogP contribution in [0, 0.1) is 6.92 Å². The number of halogens is 1. The minimum atomic E-state index is -3.63. The van der Waals surface area contributed by atoms with Crippen molar-refractivity contribution in [2.24, 2.45) is 0 Å². The van der Waals surface area contributed by atoms with Gasteiger partial charge in [-0.1, -0.05) is 17.7 Å². The van der Waals surface area contributed by atoms with E-state index in [0.29, 0.717) is 49.1 Å². The first-order valence-electron chi connectivity index (χ1n) is 9.42. The molecule has 2 aliphatic heterocycles. The predicted octanol–water partition coefficient (Wildman–Crippen LogP) is 3.59. The number of aryl methyl sites for hydroxylation is 1. The van der Waals surface area contributed by atoms with E-state index in [1.165, 1.54) is 4.31 Å². The van der Waals surface area contributed by atoms with Crippen LogP contribution in [0.3, 0.4) is 0 Å². The van der Waals surface area contributed by atoms with E-state index in [-0.39, 0.29) is 10.8 Å². The van der Waals surface area contributed by atoms with Gasteiger partial charge < -0.3 is 10.2 Å². The third-order valence-corrected chi connectivity index (χ3v) is 8.41. The number of carbonyl (C=O) groups is 1. The van der Waals surface area contributed by atoms with Crippen molar-refractivity contribution in [3.63, 3.8) is 0 Å². The van der Waals surface area contributed by atoms with Crippen molar-refractivity contribution in [1.82, 2.24) is 4.31 Å². The number of rotatable bonds is 3. The highest BCUT2D eigenvalue weighted by Crippen LogP contribution is 2.34. The Morgan fingerprint density at radius 1 is 1.07 bits per heavy atom. The number of sulfonamides is 1. The highest BCUT2D eigenvalue weighted by molar-refractivity contribution is 7.99. The summed E-state index contributed by atoms with van der Waals surface area (Å²) in [5.41, 5.74) is 2.73. The van der Waals surface area contributed by atoms with Crippen molar-refractivity contribution in [1.29, 1.82) is 0 Å². The first kappa shape index (κ1) is 20.5. The third kappa shape index (κ3) is 4.26. The van der Waals surface area contributed by atoms with Gasteiger partial charge in [-0.3, -0.25) is 4.79 Å². The SMILES string of the molecule is Cc1ccc(Cl)cc1N1CCN(S(=O)(=O)c2ccc3c(c2)NC(=O)CCS3)CC1. The van der Waals surface area contributed by atoms with Crippen LogP contribution in [0.15, 0.2) is 46.2 Å². The van der Waals surface area contributed by atoms with Crippen molar-refractivity contribution >= 4 is 50.7 Å². The fourth-order valence-electron chi connectivity index (χ4n) is 3.60. The van der Waals surface area contributed by atoms with E-state index in [0.717, 1.165) is 16.1 Å². The zero-order valence-corrected chi connectivity index (χ0v) is 18.4. The summed E-state index contributed by atoms with van der Waals surface area (Å²) >= 11 is 7.69. The van der Waals surface area contributed by atoms with Gasteiger partial charge >= 0.3 is 0 Å². The summed E-state index contributed by atoms with van der Waals surface area (Å²) in [5, 5.41) is 3.49. The number of hydrogen-bond acceptors (Lipinski definition) is 5. The molecule has 6 nitrogen and oxygen atoms in total. The first-order valence-corrected chi connectivity index (χ1v) is 12.2.